The maximum atomic E-state index is 9.02. The Morgan fingerprint density at radius 3 is 2.82 bits per heavy atom. The molecule has 94 valence electrons. The Bertz CT molecular complexity index is 391. The van der Waals surface area contributed by atoms with Crippen LogP contribution in [-0.2, 0) is 11.2 Å². The lowest BCUT2D eigenvalue weighted by molar-refractivity contribution is -0.134. The Hall–Kier alpha value is -0.710. The highest BCUT2D eigenvalue weighted by Gasteiger charge is 2.18. The van der Waals surface area contributed by atoms with Crippen LogP contribution in [0.2, 0.25) is 5.02 Å². The number of halogens is 1. The zero-order chi connectivity index (χ0) is 12.8. The third-order valence-corrected chi connectivity index (χ3v) is 3.86. The summed E-state index contributed by atoms with van der Waals surface area (Å²) in [6, 6.07) is 5.98. The Balaban J connectivity index is 0.000000317. The van der Waals surface area contributed by atoms with Crippen molar-refractivity contribution in [1.82, 2.24) is 0 Å². The van der Waals surface area contributed by atoms with E-state index in [1.165, 1.54) is 10.5 Å². The zero-order valence-corrected chi connectivity index (χ0v) is 11.1. The van der Waals surface area contributed by atoms with Gasteiger partial charge in [0.1, 0.15) is 0 Å². The molecule has 1 unspecified atom stereocenters. The van der Waals surface area contributed by atoms with E-state index in [4.69, 9.17) is 26.6 Å². The number of aliphatic carboxylic acids is 1. The first-order valence-electron chi connectivity index (χ1n) is 5.28. The van der Waals surface area contributed by atoms with Crippen LogP contribution in [0.5, 0.6) is 0 Å². The van der Waals surface area contributed by atoms with E-state index in [0.29, 0.717) is 5.25 Å². The molecule has 1 aliphatic rings. The smallest absolute Gasteiger partial charge is 0.300 e. The van der Waals surface area contributed by atoms with Crippen molar-refractivity contribution in [2.45, 2.75) is 29.9 Å². The Morgan fingerprint density at radius 1 is 1.59 bits per heavy atom. The number of aryl methyl sites for hydroxylation is 1. The third kappa shape index (κ3) is 4.98. The fraction of sp³-hybridized carbons (Fsp3) is 0.417. The van der Waals surface area contributed by atoms with Gasteiger partial charge in [-0.15, -0.1) is 11.8 Å². The average molecular weight is 275 g/mol. The first-order chi connectivity index (χ1) is 8.02. The molecule has 0 fully saturated rings. The average Bonchev–Trinajstić information content (AvgIpc) is 2.27. The molecule has 0 aliphatic carbocycles. The van der Waals surface area contributed by atoms with Gasteiger partial charge in [-0.2, -0.15) is 0 Å². The lowest BCUT2D eigenvalue weighted by Crippen LogP contribution is -2.14. The number of carboxylic acids is 1. The minimum absolute atomic E-state index is 0.271. The first kappa shape index (κ1) is 14.4. The van der Waals surface area contributed by atoms with E-state index >= 15 is 0 Å². The van der Waals surface area contributed by atoms with E-state index in [2.05, 4.69) is 0 Å². The van der Waals surface area contributed by atoms with E-state index in [1.54, 1.807) is 11.8 Å². The minimum Gasteiger partial charge on any atom is -0.481 e. The quantitative estimate of drug-likeness (QED) is 0.827. The summed E-state index contributed by atoms with van der Waals surface area (Å²) in [4.78, 5) is 10.3. The highest BCUT2D eigenvalue weighted by Crippen LogP contribution is 2.36. The number of benzene rings is 1. The van der Waals surface area contributed by atoms with E-state index < -0.39 is 5.97 Å². The van der Waals surface area contributed by atoms with Gasteiger partial charge in [-0.3, -0.25) is 4.79 Å². The summed E-state index contributed by atoms with van der Waals surface area (Å²) < 4.78 is 0. The molecule has 1 aliphatic heterocycles. The standard InChI is InChI=1S/C10H11ClOS.C2H4O2/c11-8-2-4-10-7(5-8)1-3-9(6-12)13-10;1-2(3)4/h2,4-5,9,12H,1,3,6H2;1H3,(H,3,4). The van der Waals surface area contributed by atoms with E-state index in [0.717, 1.165) is 24.8 Å². The molecule has 0 radical (unpaired) electrons. The summed E-state index contributed by atoms with van der Waals surface area (Å²) in [7, 11) is 0. The molecule has 5 heteroatoms. The van der Waals surface area contributed by atoms with Gasteiger partial charge < -0.3 is 10.2 Å². The van der Waals surface area contributed by atoms with Crippen molar-refractivity contribution in [3.63, 3.8) is 0 Å². The SMILES string of the molecule is CC(=O)O.OCC1CCc2cc(Cl)ccc2S1. The highest BCUT2D eigenvalue weighted by molar-refractivity contribution is 8.00. The number of carbonyl (C=O) groups is 1. The fourth-order valence-electron chi connectivity index (χ4n) is 1.54. The van der Waals surface area contributed by atoms with Gasteiger partial charge in [-0.05, 0) is 36.6 Å². The normalized spacial score (nSPS) is 17.7. The Morgan fingerprint density at radius 2 is 2.24 bits per heavy atom. The van der Waals surface area contributed by atoms with Crippen LogP contribution in [0.15, 0.2) is 23.1 Å². The molecule has 3 nitrogen and oxygen atoms in total. The molecule has 2 rings (SSSR count). The van der Waals surface area contributed by atoms with Crippen molar-refractivity contribution >= 4 is 29.3 Å². The topological polar surface area (TPSA) is 57.5 Å². The summed E-state index contributed by atoms with van der Waals surface area (Å²) >= 11 is 7.65. The predicted octanol–water partition coefficient (Wildman–Crippen LogP) is 2.83. The summed E-state index contributed by atoms with van der Waals surface area (Å²) in [5.74, 6) is -0.833. The molecule has 0 bridgehead atoms. The van der Waals surface area contributed by atoms with Crippen LogP contribution in [0.4, 0.5) is 0 Å². The molecular weight excluding hydrogens is 260 g/mol. The lowest BCUT2D eigenvalue weighted by Gasteiger charge is -2.22. The number of rotatable bonds is 1. The molecule has 1 aromatic rings. The molecule has 1 heterocycles. The zero-order valence-electron chi connectivity index (χ0n) is 9.52. The molecule has 0 saturated heterocycles. The van der Waals surface area contributed by atoms with Crippen LogP contribution in [-0.4, -0.2) is 28.0 Å². The van der Waals surface area contributed by atoms with Gasteiger partial charge >= 0.3 is 0 Å². The molecule has 0 amide bonds. The summed E-state index contributed by atoms with van der Waals surface area (Å²) in [5, 5.41) is 17.6. The van der Waals surface area contributed by atoms with Gasteiger partial charge in [-0.1, -0.05) is 11.6 Å². The molecule has 17 heavy (non-hydrogen) atoms. The van der Waals surface area contributed by atoms with Crippen LogP contribution in [0.25, 0.3) is 0 Å². The van der Waals surface area contributed by atoms with Crippen LogP contribution in [0.1, 0.15) is 18.9 Å². The predicted molar refractivity (Wildman–Crippen MR) is 69.8 cm³/mol. The number of hydrogen-bond donors (Lipinski definition) is 2. The van der Waals surface area contributed by atoms with Crippen molar-refractivity contribution < 1.29 is 15.0 Å². The van der Waals surface area contributed by atoms with Gasteiger partial charge in [0.2, 0.25) is 0 Å². The maximum Gasteiger partial charge on any atom is 0.300 e. The van der Waals surface area contributed by atoms with Crippen LogP contribution in [0.3, 0.4) is 0 Å². The third-order valence-electron chi connectivity index (χ3n) is 2.26. The Labute approximate surface area is 110 Å². The first-order valence-corrected chi connectivity index (χ1v) is 6.54. The van der Waals surface area contributed by atoms with E-state index in [9.17, 15) is 0 Å². The van der Waals surface area contributed by atoms with Crippen molar-refractivity contribution in [3.8, 4) is 0 Å². The number of carboxylic acid groups (broad SMARTS) is 1. The number of fused-ring (bicyclic) bond motifs is 1. The number of hydrogen-bond acceptors (Lipinski definition) is 3. The van der Waals surface area contributed by atoms with Gasteiger partial charge in [0.05, 0.1) is 6.61 Å². The van der Waals surface area contributed by atoms with Gasteiger partial charge in [-0.25, -0.2) is 0 Å². The van der Waals surface area contributed by atoms with Crippen molar-refractivity contribution in [2.24, 2.45) is 0 Å². The maximum absolute atomic E-state index is 9.02. The van der Waals surface area contributed by atoms with Gasteiger partial charge in [0, 0.05) is 22.1 Å². The highest BCUT2D eigenvalue weighted by atomic mass is 35.5. The van der Waals surface area contributed by atoms with E-state index in [1.807, 2.05) is 18.2 Å². The van der Waals surface area contributed by atoms with E-state index in [-0.39, 0.29) is 6.61 Å². The molecule has 1 atom stereocenters. The Kier molecular flexibility index (Phi) is 5.82. The van der Waals surface area contributed by atoms with Gasteiger partial charge in [0.25, 0.3) is 5.97 Å². The summed E-state index contributed by atoms with van der Waals surface area (Å²) in [5.41, 5.74) is 1.32. The lowest BCUT2D eigenvalue weighted by atomic mass is 10.1. The monoisotopic (exact) mass is 274 g/mol. The van der Waals surface area contributed by atoms with Crippen LogP contribution < -0.4 is 0 Å². The molecule has 2 N–H and O–H groups in total. The van der Waals surface area contributed by atoms with Crippen LogP contribution >= 0.6 is 23.4 Å². The molecular formula is C12H15ClO3S. The van der Waals surface area contributed by atoms with Crippen molar-refractivity contribution in [1.29, 1.82) is 0 Å². The molecule has 0 aromatic heterocycles. The second-order valence-electron chi connectivity index (χ2n) is 3.73. The second kappa shape index (κ2) is 6.89. The fourth-order valence-corrected chi connectivity index (χ4v) is 2.86. The van der Waals surface area contributed by atoms with Crippen molar-refractivity contribution in [3.05, 3.63) is 28.8 Å². The molecule has 1 aromatic carbocycles. The largest absolute Gasteiger partial charge is 0.481 e. The summed E-state index contributed by atoms with van der Waals surface area (Å²) in [6.07, 6.45) is 2.09. The number of thioether (sulfide) groups is 1. The minimum atomic E-state index is -0.833. The second-order valence-corrected chi connectivity index (χ2v) is 5.51. The van der Waals surface area contributed by atoms with Gasteiger partial charge in [0.15, 0.2) is 0 Å². The summed E-state index contributed by atoms with van der Waals surface area (Å²) in [6.45, 7) is 1.35. The number of aliphatic hydroxyl groups is 1. The molecule has 0 saturated carbocycles. The molecule has 0 spiro atoms. The van der Waals surface area contributed by atoms with Crippen LogP contribution in [0, 0.1) is 0 Å². The number of aliphatic hydroxyl groups excluding tert-OH is 1. The van der Waals surface area contributed by atoms with Crippen molar-refractivity contribution in [2.75, 3.05) is 6.61 Å².